The zero-order valence-corrected chi connectivity index (χ0v) is 12.3. The van der Waals surface area contributed by atoms with Crippen LogP contribution in [0.4, 0.5) is 0 Å². The van der Waals surface area contributed by atoms with Crippen molar-refractivity contribution in [3.05, 3.63) is 16.3 Å². The minimum absolute atomic E-state index is 0.0185. The van der Waals surface area contributed by atoms with Crippen LogP contribution in [0.1, 0.15) is 42.3 Å². The Labute approximate surface area is 122 Å². The number of nitrogens with zero attached hydrogens (tertiary/aromatic N) is 1. The number of likely N-dealkylation sites (tertiary alicyclic amines) is 1. The first-order valence-corrected chi connectivity index (χ1v) is 7.73. The lowest BCUT2D eigenvalue weighted by molar-refractivity contribution is -0.137. The number of carbonyl (C=O) groups excluding carboxylic acids is 1. The molecular weight excluding hydrogens is 278 g/mol. The van der Waals surface area contributed by atoms with Gasteiger partial charge in [-0.1, -0.05) is 12.8 Å². The standard InChI is InChI=1S/C14H19NO4S/c1-10(13(16)15-6-4-2-3-5-7-15)19-11-8-12(14(17)18)20-9-11/h8-10H,2-7H2,1H3,(H,17,18). The van der Waals surface area contributed by atoms with Crippen molar-refractivity contribution in [2.24, 2.45) is 0 Å². The van der Waals surface area contributed by atoms with E-state index in [4.69, 9.17) is 9.84 Å². The normalized spacial score (nSPS) is 17.4. The highest BCUT2D eigenvalue weighted by atomic mass is 32.1. The number of carboxylic acids is 1. The summed E-state index contributed by atoms with van der Waals surface area (Å²) in [6.45, 7) is 3.29. The molecule has 0 radical (unpaired) electrons. The molecule has 0 saturated carbocycles. The molecule has 20 heavy (non-hydrogen) atoms. The third-order valence-electron chi connectivity index (χ3n) is 3.36. The van der Waals surface area contributed by atoms with Gasteiger partial charge in [0.25, 0.3) is 5.91 Å². The topological polar surface area (TPSA) is 66.8 Å². The Bertz CT molecular complexity index is 477. The number of carbonyl (C=O) groups is 2. The molecule has 0 aromatic carbocycles. The van der Waals surface area contributed by atoms with Gasteiger partial charge in [-0.3, -0.25) is 4.79 Å². The van der Waals surface area contributed by atoms with Crippen molar-refractivity contribution in [1.29, 1.82) is 0 Å². The van der Waals surface area contributed by atoms with Gasteiger partial charge in [-0.15, -0.1) is 11.3 Å². The molecule has 5 nitrogen and oxygen atoms in total. The van der Waals surface area contributed by atoms with E-state index in [0.29, 0.717) is 5.75 Å². The minimum atomic E-state index is -0.976. The maximum Gasteiger partial charge on any atom is 0.346 e. The molecule has 1 aromatic rings. The van der Waals surface area contributed by atoms with Crippen molar-refractivity contribution in [1.82, 2.24) is 4.90 Å². The Balaban J connectivity index is 1.93. The van der Waals surface area contributed by atoms with Crippen LogP contribution in [0, 0.1) is 0 Å². The highest BCUT2D eigenvalue weighted by Crippen LogP contribution is 2.23. The fraction of sp³-hybridized carbons (Fsp3) is 0.571. The van der Waals surface area contributed by atoms with E-state index in [2.05, 4.69) is 0 Å². The van der Waals surface area contributed by atoms with Crippen LogP contribution in [-0.4, -0.2) is 41.1 Å². The third kappa shape index (κ3) is 3.72. The lowest BCUT2D eigenvalue weighted by Gasteiger charge is -2.24. The zero-order chi connectivity index (χ0) is 14.5. The molecule has 1 saturated heterocycles. The molecule has 1 aliphatic rings. The summed E-state index contributed by atoms with van der Waals surface area (Å²) in [5.74, 6) is -0.547. The summed E-state index contributed by atoms with van der Waals surface area (Å²) in [7, 11) is 0. The maximum absolute atomic E-state index is 12.3. The van der Waals surface area contributed by atoms with Crippen LogP contribution in [0.3, 0.4) is 0 Å². The van der Waals surface area contributed by atoms with Gasteiger partial charge in [0.1, 0.15) is 10.6 Å². The molecule has 0 bridgehead atoms. The average molecular weight is 297 g/mol. The van der Waals surface area contributed by atoms with Gasteiger partial charge in [0.15, 0.2) is 6.10 Å². The van der Waals surface area contributed by atoms with Gasteiger partial charge < -0.3 is 14.7 Å². The Kier molecular flexibility index (Phi) is 5.00. The summed E-state index contributed by atoms with van der Waals surface area (Å²) >= 11 is 1.10. The smallest absolute Gasteiger partial charge is 0.346 e. The molecular formula is C14H19NO4S. The van der Waals surface area contributed by atoms with Crippen molar-refractivity contribution in [2.75, 3.05) is 13.1 Å². The first-order valence-electron chi connectivity index (χ1n) is 6.85. The van der Waals surface area contributed by atoms with Crippen molar-refractivity contribution >= 4 is 23.2 Å². The van der Waals surface area contributed by atoms with Gasteiger partial charge >= 0.3 is 5.97 Å². The predicted molar refractivity (Wildman–Crippen MR) is 76.4 cm³/mol. The second kappa shape index (κ2) is 6.74. The van der Waals surface area contributed by atoms with Gasteiger partial charge in [-0.25, -0.2) is 4.79 Å². The molecule has 1 fully saturated rings. The molecule has 0 spiro atoms. The van der Waals surface area contributed by atoms with E-state index in [0.717, 1.165) is 37.3 Å². The monoisotopic (exact) mass is 297 g/mol. The molecule has 2 heterocycles. The van der Waals surface area contributed by atoms with Crippen LogP contribution in [0.5, 0.6) is 5.75 Å². The first-order chi connectivity index (χ1) is 9.58. The summed E-state index contributed by atoms with van der Waals surface area (Å²) < 4.78 is 5.56. The highest BCUT2D eigenvalue weighted by molar-refractivity contribution is 7.12. The number of rotatable bonds is 4. The number of aromatic carboxylic acids is 1. The summed E-state index contributed by atoms with van der Waals surface area (Å²) in [6, 6.07) is 1.46. The van der Waals surface area contributed by atoms with E-state index >= 15 is 0 Å². The summed E-state index contributed by atoms with van der Waals surface area (Å²) in [5, 5.41) is 10.5. The van der Waals surface area contributed by atoms with Crippen molar-refractivity contribution in [3.8, 4) is 5.75 Å². The van der Waals surface area contributed by atoms with E-state index in [-0.39, 0.29) is 10.8 Å². The van der Waals surface area contributed by atoms with Gasteiger partial charge in [-0.2, -0.15) is 0 Å². The van der Waals surface area contributed by atoms with Crippen LogP contribution in [0.25, 0.3) is 0 Å². The predicted octanol–water partition coefficient (Wildman–Crippen LogP) is 2.62. The summed E-state index contributed by atoms with van der Waals surface area (Å²) in [4.78, 5) is 25.1. The van der Waals surface area contributed by atoms with Gasteiger partial charge in [0.05, 0.1) is 0 Å². The van der Waals surface area contributed by atoms with Crippen molar-refractivity contribution in [2.45, 2.75) is 38.7 Å². The molecule has 1 N–H and O–H groups in total. The molecule has 110 valence electrons. The fourth-order valence-electron chi connectivity index (χ4n) is 2.30. The fourth-order valence-corrected chi connectivity index (χ4v) is 2.95. The van der Waals surface area contributed by atoms with Crippen LogP contribution in [0.2, 0.25) is 0 Å². The molecule has 1 unspecified atom stereocenters. The molecule has 1 atom stereocenters. The van der Waals surface area contributed by atoms with E-state index < -0.39 is 12.1 Å². The minimum Gasteiger partial charge on any atom is -0.480 e. The number of hydrogen-bond donors (Lipinski definition) is 1. The Morgan fingerprint density at radius 1 is 1.30 bits per heavy atom. The lowest BCUT2D eigenvalue weighted by atomic mass is 10.2. The molecule has 0 aliphatic carbocycles. The number of ether oxygens (including phenoxy) is 1. The second-order valence-corrected chi connectivity index (χ2v) is 5.86. The Morgan fingerprint density at radius 2 is 1.95 bits per heavy atom. The molecule has 6 heteroatoms. The number of hydrogen-bond acceptors (Lipinski definition) is 4. The largest absolute Gasteiger partial charge is 0.480 e. The van der Waals surface area contributed by atoms with E-state index in [1.807, 2.05) is 4.90 Å². The molecule has 1 aliphatic heterocycles. The van der Waals surface area contributed by atoms with Crippen LogP contribution in [-0.2, 0) is 4.79 Å². The summed E-state index contributed by atoms with van der Waals surface area (Å²) in [6.07, 6.45) is 3.85. The first kappa shape index (κ1) is 14.8. The van der Waals surface area contributed by atoms with Crippen LogP contribution < -0.4 is 4.74 Å². The number of thiophene rings is 1. The Hall–Kier alpha value is -1.56. The van der Waals surface area contributed by atoms with Gasteiger partial charge in [0, 0.05) is 24.5 Å². The third-order valence-corrected chi connectivity index (χ3v) is 4.26. The highest BCUT2D eigenvalue weighted by Gasteiger charge is 2.23. The van der Waals surface area contributed by atoms with Crippen molar-refractivity contribution in [3.63, 3.8) is 0 Å². The maximum atomic E-state index is 12.3. The van der Waals surface area contributed by atoms with E-state index in [1.165, 1.54) is 18.9 Å². The second-order valence-electron chi connectivity index (χ2n) is 4.95. The lowest BCUT2D eigenvalue weighted by Crippen LogP contribution is -2.40. The Morgan fingerprint density at radius 3 is 2.50 bits per heavy atom. The van der Waals surface area contributed by atoms with Crippen LogP contribution >= 0.6 is 11.3 Å². The molecule has 1 aromatic heterocycles. The zero-order valence-electron chi connectivity index (χ0n) is 11.5. The van der Waals surface area contributed by atoms with Crippen LogP contribution in [0.15, 0.2) is 11.4 Å². The molecule has 2 rings (SSSR count). The quantitative estimate of drug-likeness (QED) is 0.927. The van der Waals surface area contributed by atoms with Gasteiger partial charge in [0.2, 0.25) is 0 Å². The number of amides is 1. The summed E-state index contributed by atoms with van der Waals surface area (Å²) in [5.41, 5.74) is 0. The average Bonchev–Trinajstić information content (AvgIpc) is 2.72. The SMILES string of the molecule is CC(Oc1csc(C(=O)O)c1)C(=O)N1CCCCCC1. The van der Waals surface area contributed by atoms with E-state index in [9.17, 15) is 9.59 Å². The number of carboxylic acid groups (broad SMARTS) is 1. The van der Waals surface area contributed by atoms with E-state index in [1.54, 1.807) is 12.3 Å². The van der Waals surface area contributed by atoms with Gasteiger partial charge in [-0.05, 0) is 19.8 Å². The van der Waals surface area contributed by atoms with Crippen molar-refractivity contribution < 1.29 is 19.4 Å². The molecule has 1 amide bonds.